The van der Waals surface area contributed by atoms with E-state index in [1.54, 1.807) is 0 Å². The van der Waals surface area contributed by atoms with Gasteiger partial charge in [-0.25, -0.2) is 4.90 Å². The van der Waals surface area contributed by atoms with E-state index in [-0.39, 0.29) is 13.1 Å². The van der Waals surface area contributed by atoms with Crippen molar-refractivity contribution < 1.29 is 22.0 Å². The molecule has 82 valence electrons. The van der Waals surface area contributed by atoms with Crippen LogP contribution in [0.5, 0.6) is 0 Å². The monoisotopic (exact) mass is 215 g/mol. The first-order valence-electron chi connectivity index (χ1n) is 4.15. The van der Waals surface area contributed by atoms with Gasteiger partial charge in [-0.1, -0.05) is 6.58 Å². The molecule has 0 saturated carbocycles. The Kier molecular flexibility index (Phi) is 2.85. The molecule has 0 bridgehead atoms. The molecule has 14 heavy (non-hydrogen) atoms. The van der Waals surface area contributed by atoms with Crippen molar-refractivity contribution in [3.8, 4) is 0 Å². The molecule has 0 unspecified atom stereocenters. The Hall–Kier alpha value is -0.650. The molecule has 1 aliphatic heterocycles. The molecule has 0 radical (unpaired) electrons. The van der Waals surface area contributed by atoms with Crippen molar-refractivity contribution >= 4 is 0 Å². The second-order valence-electron chi connectivity index (χ2n) is 3.21. The first kappa shape index (κ1) is 11.4. The van der Waals surface area contributed by atoms with Gasteiger partial charge in [0, 0.05) is 13.1 Å². The van der Waals surface area contributed by atoms with E-state index in [1.165, 1.54) is 0 Å². The number of nitrogens with zero attached hydrogens (tertiary/aromatic N) is 1. The molecule has 1 nitrogen and oxygen atoms in total. The van der Waals surface area contributed by atoms with Gasteiger partial charge in [-0.2, -0.15) is 22.0 Å². The van der Waals surface area contributed by atoms with Crippen LogP contribution in [0.25, 0.3) is 0 Å². The van der Waals surface area contributed by atoms with Gasteiger partial charge in [-0.15, -0.1) is 0 Å². The lowest BCUT2D eigenvalue weighted by Gasteiger charge is -2.29. The van der Waals surface area contributed by atoms with E-state index in [1.807, 2.05) is 0 Å². The van der Waals surface area contributed by atoms with E-state index in [2.05, 4.69) is 6.58 Å². The number of likely N-dealkylation sites (tertiary alicyclic amines) is 1. The molecule has 0 aromatic rings. The third kappa shape index (κ3) is 2.05. The number of alkyl halides is 5. The Bertz CT molecular complexity index is 226. The van der Waals surface area contributed by atoms with Crippen molar-refractivity contribution in [3.63, 3.8) is 0 Å². The van der Waals surface area contributed by atoms with Crippen LogP contribution in [0.4, 0.5) is 22.0 Å². The van der Waals surface area contributed by atoms with Gasteiger partial charge >= 0.3 is 12.2 Å². The van der Waals surface area contributed by atoms with Gasteiger partial charge < -0.3 is 0 Å². The SMILES string of the molecule is C=C(C(F)(F)F)C(F)(F)N1CCCC1. The highest BCUT2D eigenvalue weighted by molar-refractivity contribution is 5.13. The van der Waals surface area contributed by atoms with E-state index in [9.17, 15) is 22.0 Å². The number of hydrogen-bond donors (Lipinski definition) is 0. The van der Waals surface area contributed by atoms with Crippen molar-refractivity contribution in [2.75, 3.05) is 13.1 Å². The Morgan fingerprint density at radius 3 is 1.79 bits per heavy atom. The van der Waals surface area contributed by atoms with Crippen LogP contribution >= 0.6 is 0 Å². The molecule has 0 aliphatic carbocycles. The van der Waals surface area contributed by atoms with Crippen molar-refractivity contribution in [1.82, 2.24) is 4.90 Å². The summed E-state index contributed by atoms with van der Waals surface area (Å²) in [4.78, 5) is 0.517. The average Bonchev–Trinajstić information content (AvgIpc) is 2.53. The zero-order chi connectivity index (χ0) is 11.0. The van der Waals surface area contributed by atoms with Crippen LogP contribution < -0.4 is 0 Å². The van der Waals surface area contributed by atoms with Crippen LogP contribution in [-0.2, 0) is 0 Å². The lowest BCUT2D eigenvalue weighted by molar-refractivity contribution is -0.173. The molecular formula is C8H10F5N. The fourth-order valence-electron chi connectivity index (χ4n) is 1.36. The lowest BCUT2D eigenvalue weighted by atomic mass is 10.2. The molecule has 0 aromatic carbocycles. The van der Waals surface area contributed by atoms with Gasteiger partial charge in [-0.3, -0.25) is 0 Å². The van der Waals surface area contributed by atoms with Crippen LogP contribution in [-0.4, -0.2) is 30.2 Å². The topological polar surface area (TPSA) is 3.24 Å². The molecule has 1 aliphatic rings. The Labute approximate surface area is 78.2 Å². The second kappa shape index (κ2) is 3.49. The van der Waals surface area contributed by atoms with Crippen molar-refractivity contribution in [2.45, 2.75) is 25.1 Å². The summed E-state index contributed by atoms with van der Waals surface area (Å²) < 4.78 is 62.2. The van der Waals surface area contributed by atoms with E-state index in [0.29, 0.717) is 17.7 Å². The maximum Gasteiger partial charge on any atom is 0.419 e. The first-order valence-corrected chi connectivity index (χ1v) is 4.15. The molecule has 1 saturated heterocycles. The highest BCUT2D eigenvalue weighted by atomic mass is 19.4. The molecular weight excluding hydrogens is 205 g/mol. The summed E-state index contributed by atoms with van der Waals surface area (Å²) in [5, 5.41) is 0. The van der Waals surface area contributed by atoms with E-state index in [4.69, 9.17) is 0 Å². The minimum atomic E-state index is -5.04. The standard InChI is InChI=1S/C8H10F5N/c1-6(7(9,10)11)8(12,13)14-4-2-3-5-14/h1-5H2. The second-order valence-corrected chi connectivity index (χ2v) is 3.21. The molecule has 0 atom stereocenters. The zero-order valence-electron chi connectivity index (χ0n) is 7.37. The third-order valence-electron chi connectivity index (χ3n) is 2.21. The molecule has 0 amide bonds. The van der Waals surface area contributed by atoms with Crippen LogP contribution in [0, 0.1) is 0 Å². The Morgan fingerprint density at radius 2 is 1.43 bits per heavy atom. The first-order chi connectivity index (χ1) is 6.26. The van der Waals surface area contributed by atoms with Crippen LogP contribution in [0.3, 0.4) is 0 Å². The maximum atomic E-state index is 13.1. The molecule has 1 fully saturated rings. The molecule has 0 aromatic heterocycles. The normalized spacial score (nSPS) is 20.1. The van der Waals surface area contributed by atoms with Gasteiger partial charge in [-0.05, 0) is 12.8 Å². The Balaban J connectivity index is 2.78. The fraction of sp³-hybridized carbons (Fsp3) is 0.750. The highest BCUT2D eigenvalue weighted by Crippen LogP contribution is 2.39. The smallest absolute Gasteiger partial charge is 0.240 e. The predicted molar refractivity (Wildman–Crippen MR) is 40.9 cm³/mol. The fourth-order valence-corrected chi connectivity index (χ4v) is 1.36. The van der Waals surface area contributed by atoms with Gasteiger partial charge in [0.2, 0.25) is 0 Å². The molecule has 0 spiro atoms. The number of rotatable bonds is 2. The molecule has 6 heteroatoms. The third-order valence-corrected chi connectivity index (χ3v) is 2.21. The van der Waals surface area contributed by atoms with Gasteiger partial charge in [0.15, 0.2) is 0 Å². The van der Waals surface area contributed by atoms with Crippen LogP contribution in [0.2, 0.25) is 0 Å². The minimum absolute atomic E-state index is 0.0118. The molecule has 1 rings (SSSR count). The van der Waals surface area contributed by atoms with E-state index >= 15 is 0 Å². The van der Waals surface area contributed by atoms with Crippen LogP contribution in [0.1, 0.15) is 12.8 Å². The van der Waals surface area contributed by atoms with Crippen molar-refractivity contribution in [2.24, 2.45) is 0 Å². The summed E-state index contributed by atoms with van der Waals surface area (Å²) >= 11 is 0. The van der Waals surface area contributed by atoms with Gasteiger partial charge in [0.25, 0.3) is 0 Å². The highest BCUT2D eigenvalue weighted by Gasteiger charge is 2.52. The van der Waals surface area contributed by atoms with E-state index < -0.39 is 17.8 Å². The zero-order valence-corrected chi connectivity index (χ0v) is 7.37. The minimum Gasteiger partial charge on any atom is -0.240 e. The number of hydrogen-bond acceptors (Lipinski definition) is 1. The van der Waals surface area contributed by atoms with Crippen LogP contribution in [0.15, 0.2) is 12.2 Å². The van der Waals surface area contributed by atoms with Crippen molar-refractivity contribution in [1.29, 1.82) is 0 Å². The summed E-state index contributed by atoms with van der Waals surface area (Å²) in [6.45, 7) is 2.40. The molecule has 0 N–H and O–H groups in total. The van der Waals surface area contributed by atoms with Gasteiger partial charge in [0.05, 0.1) is 0 Å². The summed E-state index contributed by atoms with van der Waals surface area (Å²) in [5.41, 5.74) is -1.98. The largest absolute Gasteiger partial charge is 0.419 e. The summed E-state index contributed by atoms with van der Waals surface area (Å²) in [7, 11) is 0. The van der Waals surface area contributed by atoms with Gasteiger partial charge in [0.1, 0.15) is 5.57 Å². The number of halogens is 5. The van der Waals surface area contributed by atoms with Crippen molar-refractivity contribution in [3.05, 3.63) is 12.2 Å². The average molecular weight is 215 g/mol. The summed E-state index contributed by atoms with van der Waals surface area (Å²) in [5.74, 6) is 0. The predicted octanol–water partition coefficient (Wildman–Crippen LogP) is 2.79. The quantitative estimate of drug-likeness (QED) is 0.389. The maximum absolute atomic E-state index is 13.1. The summed E-state index contributed by atoms with van der Waals surface area (Å²) in [6.07, 6.45) is -4.03. The van der Waals surface area contributed by atoms with E-state index in [0.717, 1.165) is 0 Å². The molecule has 1 heterocycles. The Morgan fingerprint density at radius 1 is 1.00 bits per heavy atom. The summed E-state index contributed by atoms with van der Waals surface area (Å²) in [6, 6.07) is -3.96. The lowest BCUT2D eigenvalue weighted by Crippen LogP contribution is -2.44.